The Balaban J connectivity index is 3.21. The predicted molar refractivity (Wildman–Crippen MR) is 67.9 cm³/mol. The Bertz CT molecular complexity index is 441. The van der Waals surface area contributed by atoms with Crippen molar-refractivity contribution in [1.29, 1.82) is 0 Å². The molecule has 0 spiro atoms. The van der Waals surface area contributed by atoms with Gasteiger partial charge in [-0.25, -0.2) is 0 Å². The molecule has 1 atom stereocenters. The van der Waals surface area contributed by atoms with E-state index >= 15 is 0 Å². The topological polar surface area (TPSA) is 81.8 Å². The highest BCUT2D eigenvalue weighted by Gasteiger charge is 2.35. The number of hydrogen-bond acceptors (Lipinski definition) is 5. The minimum absolute atomic E-state index is 0.281. The summed E-state index contributed by atoms with van der Waals surface area (Å²) in [5, 5.41) is 9.47. The van der Waals surface area contributed by atoms with Crippen molar-refractivity contribution >= 4 is 5.78 Å². The summed E-state index contributed by atoms with van der Waals surface area (Å²) >= 11 is 0. The Kier molecular flexibility index (Phi) is 4.32. The summed E-state index contributed by atoms with van der Waals surface area (Å²) in [6.07, 6.45) is -1.24. The molecule has 100 valence electrons. The van der Waals surface area contributed by atoms with Gasteiger partial charge in [-0.15, -0.1) is 0 Å². The summed E-state index contributed by atoms with van der Waals surface area (Å²) in [6.45, 7) is 3.17. The predicted octanol–water partition coefficient (Wildman–Crippen LogP) is 1.19. The van der Waals surface area contributed by atoms with Gasteiger partial charge in [0.25, 0.3) is 0 Å². The number of carbonyl (C=O) groups is 1. The lowest BCUT2D eigenvalue weighted by atomic mass is 9.82. The quantitative estimate of drug-likeness (QED) is 0.608. The van der Waals surface area contributed by atoms with E-state index in [0.29, 0.717) is 17.1 Å². The standard InChI is InChI=1S/C13H19NO4/c1-13(2,12(14)16)11(15)9-6-5-8(17-3)7-10(9)18-4/h5-7,12,16H,14H2,1-4H3. The van der Waals surface area contributed by atoms with Gasteiger partial charge in [0.2, 0.25) is 0 Å². The summed E-state index contributed by atoms with van der Waals surface area (Å²) in [5.74, 6) is 0.708. The number of ketones is 1. The van der Waals surface area contributed by atoms with Gasteiger partial charge in [0, 0.05) is 6.07 Å². The van der Waals surface area contributed by atoms with Crippen molar-refractivity contribution in [2.45, 2.75) is 20.1 Å². The molecule has 0 radical (unpaired) electrons. The molecule has 1 unspecified atom stereocenters. The van der Waals surface area contributed by atoms with Crippen molar-refractivity contribution in [3.63, 3.8) is 0 Å². The Morgan fingerprint density at radius 2 is 1.94 bits per heavy atom. The first-order valence-electron chi connectivity index (χ1n) is 5.55. The normalized spacial score (nSPS) is 13.0. The number of hydrogen-bond donors (Lipinski definition) is 2. The summed E-state index contributed by atoms with van der Waals surface area (Å²) in [7, 11) is 3.00. The second-order valence-corrected chi connectivity index (χ2v) is 4.56. The molecule has 0 fully saturated rings. The lowest BCUT2D eigenvalue weighted by Gasteiger charge is -2.26. The smallest absolute Gasteiger partial charge is 0.176 e. The molecule has 5 nitrogen and oxygen atoms in total. The number of methoxy groups -OCH3 is 2. The minimum Gasteiger partial charge on any atom is -0.497 e. The third-order valence-corrected chi connectivity index (χ3v) is 2.98. The van der Waals surface area contributed by atoms with Crippen LogP contribution in [0.3, 0.4) is 0 Å². The largest absolute Gasteiger partial charge is 0.497 e. The maximum atomic E-state index is 12.3. The molecule has 0 aliphatic rings. The molecular weight excluding hydrogens is 234 g/mol. The number of rotatable bonds is 5. The van der Waals surface area contributed by atoms with Crippen molar-refractivity contribution in [2.24, 2.45) is 11.1 Å². The van der Waals surface area contributed by atoms with Gasteiger partial charge in [0.1, 0.15) is 17.7 Å². The maximum Gasteiger partial charge on any atom is 0.176 e. The van der Waals surface area contributed by atoms with Gasteiger partial charge >= 0.3 is 0 Å². The molecule has 0 aliphatic heterocycles. The summed E-state index contributed by atoms with van der Waals surface area (Å²) < 4.78 is 10.2. The molecule has 0 heterocycles. The molecule has 5 heteroatoms. The third-order valence-electron chi connectivity index (χ3n) is 2.98. The zero-order valence-electron chi connectivity index (χ0n) is 11.1. The molecule has 1 rings (SSSR count). The van der Waals surface area contributed by atoms with Crippen LogP contribution in [0.4, 0.5) is 0 Å². The van der Waals surface area contributed by atoms with Crippen LogP contribution in [0.5, 0.6) is 11.5 Å². The van der Waals surface area contributed by atoms with E-state index in [-0.39, 0.29) is 5.78 Å². The van der Waals surface area contributed by atoms with Crippen molar-refractivity contribution in [3.8, 4) is 11.5 Å². The van der Waals surface area contributed by atoms with Gasteiger partial charge < -0.3 is 20.3 Å². The Morgan fingerprint density at radius 3 is 2.39 bits per heavy atom. The van der Waals surface area contributed by atoms with Crippen molar-refractivity contribution in [3.05, 3.63) is 23.8 Å². The number of nitrogens with two attached hydrogens (primary N) is 1. The van der Waals surface area contributed by atoms with E-state index in [4.69, 9.17) is 15.2 Å². The van der Waals surface area contributed by atoms with Crippen LogP contribution in [0.15, 0.2) is 18.2 Å². The van der Waals surface area contributed by atoms with Gasteiger partial charge in [0.15, 0.2) is 5.78 Å². The van der Waals surface area contributed by atoms with Gasteiger partial charge in [-0.1, -0.05) is 0 Å². The number of benzene rings is 1. The van der Waals surface area contributed by atoms with Crippen LogP contribution in [0.1, 0.15) is 24.2 Å². The number of carbonyl (C=O) groups excluding carboxylic acids is 1. The first kappa shape index (κ1) is 14.5. The van der Waals surface area contributed by atoms with E-state index in [1.54, 1.807) is 32.0 Å². The van der Waals surface area contributed by atoms with E-state index in [1.807, 2.05) is 0 Å². The van der Waals surface area contributed by atoms with Crippen molar-refractivity contribution in [2.75, 3.05) is 14.2 Å². The average molecular weight is 253 g/mol. The monoisotopic (exact) mass is 253 g/mol. The highest BCUT2D eigenvalue weighted by atomic mass is 16.5. The molecule has 3 N–H and O–H groups in total. The van der Waals surface area contributed by atoms with E-state index < -0.39 is 11.6 Å². The molecule has 0 saturated carbocycles. The lowest BCUT2D eigenvalue weighted by Crippen LogP contribution is -2.43. The van der Waals surface area contributed by atoms with Gasteiger partial charge in [-0.2, -0.15) is 0 Å². The molecule has 0 saturated heterocycles. The number of ether oxygens (including phenoxy) is 2. The molecule has 0 aliphatic carbocycles. The fourth-order valence-electron chi connectivity index (χ4n) is 1.47. The second kappa shape index (κ2) is 5.37. The fourth-order valence-corrected chi connectivity index (χ4v) is 1.47. The maximum absolute atomic E-state index is 12.3. The number of aliphatic hydroxyl groups excluding tert-OH is 1. The van der Waals surface area contributed by atoms with Crippen LogP contribution in [-0.2, 0) is 0 Å². The molecule has 0 aromatic heterocycles. The SMILES string of the molecule is COc1ccc(C(=O)C(C)(C)C(N)O)c(OC)c1. The first-order valence-corrected chi connectivity index (χ1v) is 5.55. The van der Waals surface area contributed by atoms with E-state index in [1.165, 1.54) is 14.2 Å². The molecule has 0 amide bonds. The molecule has 0 bridgehead atoms. The van der Waals surface area contributed by atoms with Gasteiger partial charge in [-0.05, 0) is 26.0 Å². The van der Waals surface area contributed by atoms with Crippen molar-refractivity contribution < 1.29 is 19.4 Å². The second-order valence-electron chi connectivity index (χ2n) is 4.56. The summed E-state index contributed by atoms with van der Waals surface area (Å²) in [4.78, 5) is 12.3. The van der Waals surface area contributed by atoms with Crippen molar-refractivity contribution in [1.82, 2.24) is 0 Å². The summed E-state index contributed by atoms with van der Waals surface area (Å²) in [5.41, 5.74) is 4.71. The van der Waals surface area contributed by atoms with Crippen LogP contribution in [0, 0.1) is 5.41 Å². The fraction of sp³-hybridized carbons (Fsp3) is 0.462. The van der Waals surface area contributed by atoms with Crippen LogP contribution < -0.4 is 15.2 Å². The molecule has 1 aromatic rings. The van der Waals surface area contributed by atoms with E-state index in [9.17, 15) is 9.90 Å². The van der Waals surface area contributed by atoms with Crippen LogP contribution >= 0.6 is 0 Å². The summed E-state index contributed by atoms with van der Waals surface area (Å²) in [6, 6.07) is 4.88. The molecule has 18 heavy (non-hydrogen) atoms. The number of Topliss-reactive ketones (excluding diaryl/α,β-unsaturated/α-hetero) is 1. The van der Waals surface area contributed by atoms with Crippen LogP contribution in [-0.4, -0.2) is 31.3 Å². The Hall–Kier alpha value is -1.59. The first-order chi connectivity index (χ1) is 8.34. The van der Waals surface area contributed by atoms with E-state index in [0.717, 1.165) is 0 Å². The highest BCUT2D eigenvalue weighted by molar-refractivity contribution is 6.02. The van der Waals surface area contributed by atoms with Gasteiger partial charge in [0.05, 0.1) is 25.2 Å². The van der Waals surface area contributed by atoms with Crippen LogP contribution in [0.25, 0.3) is 0 Å². The lowest BCUT2D eigenvalue weighted by molar-refractivity contribution is 0.0422. The zero-order valence-corrected chi connectivity index (χ0v) is 11.1. The van der Waals surface area contributed by atoms with Gasteiger partial charge in [-0.3, -0.25) is 4.79 Å². The highest BCUT2D eigenvalue weighted by Crippen LogP contribution is 2.31. The van der Waals surface area contributed by atoms with Crippen LogP contribution in [0.2, 0.25) is 0 Å². The number of aliphatic hydroxyl groups is 1. The van der Waals surface area contributed by atoms with E-state index in [2.05, 4.69) is 0 Å². The Morgan fingerprint density at radius 1 is 1.33 bits per heavy atom. The molecular formula is C13H19NO4. The average Bonchev–Trinajstić information content (AvgIpc) is 2.36. The third kappa shape index (κ3) is 2.63. The minimum atomic E-state index is -1.24. The zero-order chi connectivity index (χ0) is 13.9. The Labute approximate surface area is 107 Å². The molecule has 1 aromatic carbocycles.